The Hall–Kier alpha value is -6.33. The van der Waals surface area contributed by atoms with Crippen LogP contribution in [0.5, 0.6) is 0 Å². The van der Waals surface area contributed by atoms with Crippen LogP contribution < -0.4 is 0 Å². The topological polar surface area (TPSA) is 56.7 Å². The molecular weight excluding hydrogens is 564 g/mol. The van der Waals surface area contributed by atoms with Crippen molar-refractivity contribution >= 4 is 32.8 Å². The highest BCUT2D eigenvalue weighted by Crippen LogP contribution is 2.40. The SMILES string of the molecule is c1ccc(-c2cc3ccc4c(c5ccccc5n4-c4cccc(-c5cc(-c6ccncc6)cc(-c6ccncc6)n5)c4)c3o2)cc1. The molecule has 0 amide bonds. The molecule has 5 aromatic heterocycles. The van der Waals surface area contributed by atoms with Gasteiger partial charge in [-0.1, -0.05) is 60.7 Å². The van der Waals surface area contributed by atoms with Gasteiger partial charge in [0.2, 0.25) is 0 Å². The van der Waals surface area contributed by atoms with Crippen LogP contribution in [0.2, 0.25) is 0 Å². The van der Waals surface area contributed by atoms with Crippen LogP contribution in [0.4, 0.5) is 0 Å². The lowest BCUT2D eigenvalue weighted by Gasteiger charge is -2.12. The molecule has 0 aliphatic rings. The van der Waals surface area contributed by atoms with Gasteiger partial charge in [0.15, 0.2) is 0 Å². The van der Waals surface area contributed by atoms with Gasteiger partial charge in [0.25, 0.3) is 0 Å². The lowest BCUT2D eigenvalue weighted by molar-refractivity contribution is 0.635. The second-order valence-corrected chi connectivity index (χ2v) is 11.4. The molecule has 0 saturated carbocycles. The van der Waals surface area contributed by atoms with E-state index in [4.69, 9.17) is 9.40 Å². The first-order valence-electron chi connectivity index (χ1n) is 15.2. The highest BCUT2D eigenvalue weighted by Gasteiger charge is 2.18. The molecule has 0 aliphatic carbocycles. The maximum Gasteiger partial charge on any atom is 0.144 e. The number of nitrogens with zero attached hydrogens (tertiary/aromatic N) is 4. The summed E-state index contributed by atoms with van der Waals surface area (Å²) in [4.78, 5) is 13.6. The molecule has 46 heavy (non-hydrogen) atoms. The summed E-state index contributed by atoms with van der Waals surface area (Å²) >= 11 is 0. The van der Waals surface area contributed by atoms with Crippen LogP contribution in [0.25, 0.3) is 83.4 Å². The minimum atomic E-state index is 0.868. The van der Waals surface area contributed by atoms with Gasteiger partial charge in [0, 0.05) is 57.9 Å². The van der Waals surface area contributed by atoms with Gasteiger partial charge in [-0.15, -0.1) is 0 Å². The van der Waals surface area contributed by atoms with E-state index in [1.807, 2.05) is 54.9 Å². The molecule has 9 rings (SSSR count). The van der Waals surface area contributed by atoms with Gasteiger partial charge in [-0.05, 0) is 83.9 Å². The fourth-order valence-corrected chi connectivity index (χ4v) is 6.44. The number of para-hydroxylation sites is 1. The minimum Gasteiger partial charge on any atom is -0.455 e. The minimum absolute atomic E-state index is 0.868. The number of fused-ring (bicyclic) bond motifs is 5. The number of benzene rings is 4. The van der Waals surface area contributed by atoms with Crippen LogP contribution in [0.1, 0.15) is 0 Å². The Balaban J connectivity index is 1.24. The Morgan fingerprint density at radius 3 is 1.98 bits per heavy atom. The normalized spacial score (nSPS) is 11.5. The molecule has 0 radical (unpaired) electrons. The number of aromatic nitrogens is 4. The summed E-state index contributed by atoms with van der Waals surface area (Å²) in [7, 11) is 0. The van der Waals surface area contributed by atoms with Crippen LogP contribution in [0.3, 0.4) is 0 Å². The molecule has 0 fully saturated rings. The third-order valence-electron chi connectivity index (χ3n) is 8.59. The van der Waals surface area contributed by atoms with E-state index in [0.717, 1.165) is 83.4 Å². The molecule has 0 spiro atoms. The summed E-state index contributed by atoms with van der Waals surface area (Å²) in [6.07, 6.45) is 7.25. The standard InChI is InChI=1S/C41H26N4O/c1-2-7-29(8-3-1)39-26-31-13-14-38-40(41(31)46-39)34-11-4-5-12-37(34)45(38)33-10-6-9-30(23-33)36-25-32(27-15-19-42-20-16-27)24-35(44-36)28-17-21-43-22-18-28/h1-26H. The Labute approximate surface area is 265 Å². The summed E-state index contributed by atoms with van der Waals surface area (Å²) in [5.41, 5.74) is 11.2. The number of rotatable bonds is 5. The molecule has 0 bridgehead atoms. The third kappa shape index (κ3) is 4.37. The molecule has 5 nitrogen and oxygen atoms in total. The number of hydrogen-bond acceptors (Lipinski definition) is 4. The molecule has 0 atom stereocenters. The molecular formula is C41H26N4O. The van der Waals surface area contributed by atoms with Crippen molar-refractivity contribution in [2.75, 3.05) is 0 Å². The van der Waals surface area contributed by atoms with E-state index in [1.165, 1.54) is 0 Å². The van der Waals surface area contributed by atoms with Crippen LogP contribution >= 0.6 is 0 Å². The zero-order valence-electron chi connectivity index (χ0n) is 24.7. The van der Waals surface area contributed by atoms with Crippen molar-refractivity contribution in [3.05, 3.63) is 158 Å². The van der Waals surface area contributed by atoms with E-state index in [-0.39, 0.29) is 0 Å². The Morgan fingerprint density at radius 1 is 0.478 bits per heavy atom. The van der Waals surface area contributed by atoms with Gasteiger partial charge in [-0.2, -0.15) is 0 Å². The molecule has 0 N–H and O–H groups in total. The summed E-state index contributed by atoms with van der Waals surface area (Å²) in [6, 6.07) is 46.3. The van der Waals surface area contributed by atoms with Gasteiger partial charge in [-0.25, -0.2) is 4.98 Å². The molecule has 0 aliphatic heterocycles. The Kier molecular flexibility index (Phi) is 6.06. The van der Waals surface area contributed by atoms with Crippen molar-refractivity contribution in [3.63, 3.8) is 0 Å². The molecule has 4 aromatic carbocycles. The van der Waals surface area contributed by atoms with Gasteiger partial charge in [-0.3, -0.25) is 9.97 Å². The molecule has 5 heterocycles. The van der Waals surface area contributed by atoms with Crippen LogP contribution in [0, 0.1) is 0 Å². The molecule has 0 saturated heterocycles. The van der Waals surface area contributed by atoms with Gasteiger partial charge >= 0.3 is 0 Å². The maximum atomic E-state index is 6.60. The average molecular weight is 591 g/mol. The van der Waals surface area contributed by atoms with Crippen LogP contribution in [-0.4, -0.2) is 19.5 Å². The monoisotopic (exact) mass is 590 g/mol. The molecule has 0 unspecified atom stereocenters. The fourth-order valence-electron chi connectivity index (χ4n) is 6.44. The average Bonchev–Trinajstić information content (AvgIpc) is 3.72. The summed E-state index contributed by atoms with van der Waals surface area (Å²) in [5.74, 6) is 0.868. The number of pyridine rings is 3. The highest BCUT2D eigenvalue weighted by molar-refractivity contribution is 6.20. The predicted octanol–water partition coefficient (Wildman–Crippen LogP) is 10.4. The van der Waals surface area contributed by atoms with Crippen molar-refractivity contribution in [2.45, 2.75) is 0 Å². The van der Waals surface area contributed by atoms with Crippen LogP contribution in [-0.2, 0) is 0 Å². The Morgan fingerprint density at radius 2 is 1.17 bits per heavy atom. The van der Waals surface area contributed by atoms with Gasteiger partial charge in [0.05, 0.1) is 27.8 Å². The summed E-state index contributed by atoms with van der Waals surface area (Å²) in [6.45, 7) is 0. The van der Waals surface area contributed by atoms with E-state index in [0.29, 0.717) is 0 Å². The highest BCUT2D eigenvalue weighted by atomic mass is 16.3. The van der Waals surface area contributed by atoms with Crippen molar-refractivity contribution < 1.29 is 4.42 Å². The second kappa shape index (κ2) is 10.7. The van der Waals surface area contributed by atoms with Crippen molar-refractivity contribution in [1.82, 2.24) is 19.5 Å². The van der Waals surface area contributed by atoms with Crippen LogP contribution in [0.15, 0.2) is 163 Å². The quantitative estimate of drug-likeness (QED) is 0.200. The molecule has 5 heteroatoms. The van der Waals surface area contributed by atoms with Crippen molar-refractivity contribution in [1.29, 1.82) is 0 Å². The van der Waals surface area contributed by atoms with E-state index < -0.39 is 0 Å². The first-order valence-corrected chi connectivity index (χ1v) is 15.2. The van der Waals surface area contributed by atoms with E-state index >= 15 is 0 Å². The van der Waals surface area contributed by atoms with E-state index in [2.05, 4.69) is 106 Å². The molecule has 216 valence electrons. The van der Waals surface area contributed by atoms with E-state index in [1.54, 1.807) is 12.4 Å². The largest absolute Gasteiger partial charge is 0.455 e. The Bertz CT molecular complexity index is 2460. The fraction of sp³-hybridized carbons (Fsp3) is 0. The predicted molar refractivity (Wildman–Crippen MR) is 186 cm³/mol. The lowest BCUT2D eigenvalue weighted by atomic mass is 10.0. The lowest BCUT2D eigenvalue weighted by Crippen LogP contribution is -1.96. The van der Waals surface area contributed by atoms with Gasteiger partial charge < -0.3 is 8.98 Å². The van der Waals surface area contributed by atoms with Crippen molar-refractivity contribution in [2.24, 2.45) is 0 Å². The van der Waals surface area contributed by atoms with Crippen molar-refractivity contribution in [3.8, 4) is 50.7 Å². The number of hydrogen-bond donors (Lipinski definition) is 0. The number of furan rings is 1. The first-order chi connectivity index (χ1) is 22.8. The zero-order chi connectivity index (χ0) is 30.5. The summed E-state index contributed by atoms with van der Waals surface area (Å²) < 4.78 is 8.92. The van der Waals surface area contributed by atoms with Gasteiger partial charge in [0.1, 0.15) is 11.3 Å². The smallest absolute Gasteiger partial charge is 0.144 e. The van der Waals surface area contributed by atoms with E-state index in [9.17, 15) is 0 Å². The summed E-state index contributed by atoms with van der Waals surface area (Å²) in [5, 5.41) is 3.35. The maximum absolute atomic E-state index is 6.60. The second-order valence-electron chi connectivity index (χ2n) is 11.4. The zero-order valence-corrected chi connectivity index (χ0v) is 24.7. The third-order valence-corrected chi connectivity index (χ3v) is 8.59. The first kappa shape index (κ1) is 26.1. The molecule has 9 aromatic rings.